The number of benzene rings is 1. The van der Waals surface area contributed by atoms with Gasteiger partial charge in [-0.3, -0.25) is 28.7 Å². The van der Waals surface area contributed by atoms with Gasteiger partial charge in [0.2, 0.25) is 11.8 Å². The maximum absolute atomic E-state index is 12.6. The van der Waals surface area contributed by atoms with Gasteiger partial charge in [-0.25, -0.2) is 0 Å². The molecule has 40 heavy (non-hydrogen) atoms. The second-order valence-corrected chi connectivity index (χ2v) is 9.35. The van der Waals surface area contributed by atoms with E-state index in [9.17, 15) is 30.3 Å². The average Bonchev–Trinajstić information content (AvgIpc) is 2.94. The predicted octanol–water partition coefficient (Wildman–Crippen LogP) is 4.88. The first-order chi connectivity index (χ1) is 19.2. The molecule has 0 aliphatic rings. The van der Waals surface area contributed by atoms with Gasteiger partial charge in [-0.15, -0.1) is 0 Å². The zero-order valence-electron chi connectivity index (χ0n) is 23.1. The largest absolute Gasteiger partial charge is 0.494 e. The molecule has 0 unspecified atom stereocenters. The van der Waals surface area contributed by atoms with Gasteiger partial charge in [0.25, 0.3) is 11.1 Å². The SMILES string of the molecule is CCCCn1c(O)c(C=Nc2ccc(N=Cc3c(C)c(C#N)c(=O)n(CCCC)c3O)cc2)c(C)c(C#N)c1=O. The lowest BCUT2D eigenvalue weighted by atomic mass is 10.1. The third-order valence-corrected chi connectivity index (χ3v) is 6.70. The zero-order valence-corrected chi connectivity index (χ0v) is 23.1. The van der Waals surface area contributed by atoms with Gasteiger partial charge >= 0.3 is 0 Å². The third kappa shape index (κ3) is 6.02. The van der Waals surface area contributed by atoms with E-state index >= 15 is 0 Å². The Labute approximate surface area is 232 Å². The molecular formula is C30H32N6O4. The Kier molecular flexibility index (Phi) is 9.77. The predicted molar refractivity (Wildman–Crippen MR) is 154 cm³/mol. The number of unbranched alkanes of at least 4 members (excludes halogenated alkanes) is 2. The van der Waals surface area contributed by atoms with E-state index in [-0.39, 0.29) is 22.9 Å². The molecule has 10 nitrogen and oxygen atoms in total. The summed E-state index contributed by atoms with van der Waals surface area (Å²) < 4.78 is 2.41. The summed E-state index contributed by atoms with van der Waals surface area (Å²) in [5.41, 5.74) is 1.30. The van der Waals surface area contributed by atoms with Gasteiger partial charge in [0.05, 0.1) is 22.5 Å². The molecule has 10 heteroatoms. The van der Waals surface area contributed by atoms with Crippen molar-refractivity contribution >= 4 is 23.8 Å². The highest BCUT2D eigenvalue weighted by Crippen LogP contribution is 2.25. The lowest BCUT2D eigenvalue weighted by molar-refractivity contribution is 0.399. The van der Waals surface area contributed by atoms with E-state index in [2.05, 4.69) is 9.98 Å². The topological polar surface area (TPSA) is 157 Å². The van der Waals surface area contributed by atoms with Crippen molar-refractivity contribution in [1.29, 1.82) is 10.5 Å². The standard InChI is InChI=1S/C30H32N6O4/c1-5-7-13-35-27(37)23(15-31)19(3)25(29(35)39)17-33-21-9-11-22(12-10-21)34-18-26-20(4)24(16-32)28(38)36(30(26)40)14-8-6-2/h9-12,17-18,39-40H,5-8,13-14H2,1-4H3. The molecule has 0 saturated carbocycles. The Balaban J connectivity index is 1.93. The number of aromatic hydroxyl groups is 2. The van der Waals surface area contributed by atoms with E-state index in [0.29, 0.717) is 59.6 Å². The van der Waals surface area contributed by atoms with Crippen molar-refractivity contribution < 1.29 is 10.2 Å². The van der Waals surface area contributed by atoms with Crippen molar-refractivity contribution in [1.82, 2.24) is 9.13 Å². The molecule has 1 aromatic carbocycles. The van der Waals surface area contributed by atoms with Crippen molar-refractivity contribution in [3.8, 4) is 23.9 Å². The fourth-order valence-corrected chi connectivity index (χ4v) is 4.20. The van der Waals surface area contributed by atoms with Crippen LogP contribution in [-0.4, -0.2) is 31.8 Å². The van der Waals surface area contributed by atoms with E-state index < -0.39 is 11.1 Å². The smallest absolute Gasteiger partial charge is 0.271 e. The van der Waals surface area contributed by atoms with Crippen LogP contribution in [0.2, 0.25) is 0 Å². The van der Waals surface area contributed by atoms with Crippen molar-refractivity contribution in [3.63, 3.8) is 0 Å². The minimum Gasteiger partial charge on any atom is -0.494 e. The highest BCUT2D eigenvalue weighted by atomic mass is 16.3. The van der Waals surface area contributed by atoms with Crippen LogP contribution in [-0.2, 0) is 13.1 Å². The molecular weight excluding hydrogens is 508 g/mol. The second-order valence-electron chi connectivity index (χ2n) is 9.35. The molecule has 0 atom stereocenters. The van der Waals surface area contributed by atoms with E-state index in [4.69, 9.17) is 0 Å². The van der Waals surface area contributed by atoms with Crippen LogP contribution in [0.5, 0.6) is 11.8 Å². The Morgan fingerprint density at radius 1 is 0.750 bits per heavy atom. The quantitative estimate of drug-likeness (QED) is 0.349. The number of aromatic nitrogens is 2. The number of hydrogen-bond donors (Lipinski definition) is 2. The highest BCUT2D eigenvalue weighted by molar-refractivity contribution is 5.88. The van der Waals surface area contributed by atoms with Crippen LogP contribution in [0.25, 0.3) is 0 Å². The molecule has 2 N–H and O–H groups in total. The monoisotopic (exact) mass is 540 g/mol. The Bertz CT molecular complexity index is 1540. The molecule has 3 aromatic rings. The van der Waals surface area contributed by atoms with Crippen LogP contribution in [0.3, 0.4) is 0 Å². The van der Waals surface area contributed by atoms with Crippen LogP contribution < -0.4 is 11.1 Å². The van der Waals surface area contributed by atoms with Gasteiger partial charge < -0.3 is 10.2 Å². The fraction of sp³-hybridized carbons (Fsp3) is 0.333. The molecule has 0 amide bonds. The number of nitriles is 2. The summed E-state index contributed by atoms with van der Waals surface area (Å²) in [6.45, 7) is 7.73. The Morgan fingerprint density at radius 3 is 1.40 bits per heavy atom. The summed E-state index contributed by atoms with van der Waals surface area (Å²) in [6.07, 6.45) is 5.85. The van der Waals surface area contributed by atoms with E-state index in [0.717, 1.165) is 12.8 Å². The molecule has 0 aliphatic heterocycles. The summed E-state index contributed by atoms with van der Waals surface area (Å²) in [6, 6.07) is 10.7. The zero-order chi connectivity index (χ0) is 29.4. The number of hydrogen-bond acceptors (Lipinski definition) is 8. The fourth-order valence-electron chi connectivity index (χ4n) is 4.20. The number of pyridine rings is 2. The van der Waals surface area contributed by atoms with Crippen molar-refractivity contribution in [2.75, 3.05) is 0 Å². The van der Waals surface area contributed by atoms with Gasteiger partial charge in [0.1, 0.15) is 23.3 Å². The van der Waals surface area contributed by atoms with Gasteiger partial charge in [-0.05, 0) is 62.1 Å². The Hall–Kier alpha value is -4.96. The van der Waals surface area contributed by atoms with Crippen LogP contribution in [0.4, 0.5) is 11.4 Å². The summed E-state index contributed by atoms with van der Waals surface area (Å²) in [7, 11) is 0. The third-order valence-electron chi connectivity index (χ3n) is 6.70. The summed E-state index contributed by atoms with van der Waals surface area (Å²) in [5, 5.41) is 40.5. The van der Waals surface area contributed by atoms with E-state index in [1.807, 2.05) is 26.0 Å². The molecule has 2 heterocycles. The van der Waals surface area contributed by atoms with E-state index in [1.165, 1.54) is 21.6 Å². The Morgan fingerprint density at radius 2 is 1.10 bits per heavy atom. The minimum absolute atomic E-state index is 0.0285. The maximum atomic E-state index is 12.6. The number of rotatable bonds is 10. The molecule has 206 valence electrons. The molecule has 0 saturated heterocycles. The average molecular weight is 541 g/mol. The van der Waals surface area contributed by atoms with Gasteiger partial charge in [0, 0.05) is 25.5 Å². The van der Waals surface area contributed by atoms with Crippen LogP contribution in [0, 0.1) is 36.5 Å². The molecule has 0 spiro atoms. The molecule has 3 rings (SSSR count). The summed E-state index contributed by atoms with van der Waals surface area (Å²) in [4.78, 5) is 34.0. The van der Waals surface area contributed by atoms with Gasteiger partial charge in [-0.1, -0.05) is 26.7 Å². The van der Waals surface area contributed by atoms with Crippen LogP contribution in [0.1, 0.15) is 72.9 Å². The van der Waals surface area contributed by atoms with Crippen LogP contribution in [0.15, 0.2) is 43.8 Å². The number of nitrogens with zero attached hydrogens (tertiary/aromatic N) is 6. The first kappa shape index (κ1) is 29.6. The normalized spacial score (nSPS) is 11.2. The first-order valence-corrected chi connectivity index (χ1v) is 13.1. The van der Waals surface area contributed by atoms with Crippen molar-refractivity contribution in [2.45, 2.75) is 66.5 Å². The molecule has 2 aromatic heterocycles. The minimum atomic E-state index is -0.519. The number of aliphatic imine (C=N–C) groups is 2. The molecule has 0 fully saturated rings. The van der Waals surface area contributed by atoms with Crippen molar-refractivity contribution in [3.05, 3.63) is 78.4 Å². The van der Waals surface area contributed by atoms with Gasteiger partial charge in [0.15, 0.2) is 0 Å². The van der Waals surface area contributed by atoms with Crippen LogP contribution >= 0.6 is 0 Å². The first-order valence-electron chi connectivity index (χ1n) is 13.1. The van der Waals surface area contributed by atoms with E-state index in [1.54, 1.807) is 38.1 Å². The molecule has 0 radical (unpaired) electrons. The summed E-state index contributed by atoms with van der Waals surface area (Å²) in [5.74, 6) is -0.459. The highest BCUT2D eigenvalue weighted by Gasteiger charge is 2.19. The lowest BCUT2D eigenvalue weighted by Crippen LogP contribution is -2.25. The second kappa shape index (κ2) is 13.2. The van der Waals surface area contributed by atoms with Crippen molar-refractivity contribution in [2.24, 2.45) is 9.98 Å². The van der Waals surface area contributed by atoms with Gasteiger partial charge in [-0.2, -0.15) is 10.5 Å². The summed E-state index contributed by atoms with van der Waals surface area (Å²) >= 11 is 0. The molecule has 0 aliphatic carbocycles. The lowest BCUT2D eigenvalue weighted by Gasteiger charge is -2.13. The molecule has 0 bridgehead atoms. The maximum Gasteiger partial charge on any atom is 0.271 e.